The number of alkyl halides is 2. The molecular formula is C21H26F2N6O. The predicted molar refractivity (Wildman–Crippen MR) is 111 cm³/mol. The van der Waals surface area contributed by atoms with Gasteiger partial charge in [0.25, 0.3) is 18.3 Å². The Hall–Kier alpha value is -2.97. The molecule has 9 heteroatoms. The number of pyridine rings is 1. The van der Waals surface area contributed by atoms with Crippen molar-refractivity contribution >= 4 is 23.3 Å². The van der Waals surface area contributed by atoms with Crippen LogP contribution in [0.1, 0.15) is 42.0 Å². The molecule has 2 atom stereocenters. The molecule has 0 saturated carbocycles. The smallest absolute Gasteiger partial charge is 0.276 e. The number of aryl methyl sites for hydroxylation is 2. The molecule has 0 spiro atoms. The number of aliphatic imine (C=N–C) groups is 1. The number of carbonyl (C=O) groups is 1. The lowest BCUT2D eigenvalue weighted by molar-refractivity contribution is 0.0647. The molecule has 0 radical (unpaired) electrons. The van der Waals surface area contributed by atoms with Crippen LogP contribution in [0, 0.1) is 25.7 Å². The summed E-state index contributed by atoms with van der Waals surface area (Å²) >= 11 is 0. The highest BCUT2D eigenvalue weighted by molar-refractivity contribution is 5.92. The maximum atomic E-state index is 13.0. The van der Waals surface area contributed by atoms with Gasteiger partial charge in [0.05, 0.1) is 5.71 Å². The lowest BCUT2D eigenvalue weighted by atomic mass is 9.85. The van der Waals surface area contributed by atoms with Crippen LogP contribution in [0.25, 0.3) is 5.70 Å². The standard InChI is InChI=1S/C21H26F2N6O/c1-12-8-14(3)26-18(9-12)20(30)28-7-6-13(2)17(10-28)16(5)29-21(24-11-25-29)27-15(4)19(22)23/h8-9,11,13,17,19H,5-7,10H2,1-4H3/b27-15+/t13-,17-/m1/s1. The number of aromatic nitrogens is 4. The van der Waals surface area contributed by atoms with E-state index in [4.69, 9.17) is 0 Å². The highest BCUT2D eigenvalue weighted by Crippen LogP contribution is 2.32. The summed E-state index contributed by atoms with van der Waals surface area (Å²) in [5, 5.41) is 4.13. The SMILES string of the molecule is C=C([C@@H]1CN(C(=O)c2cc(C)cc(C)n2)CC[C@H]1C)n1ncnc1/N=C(\C)C(F)F. The van der Waals surface area contributed by atoms with Gasteiger partial charge in [-0.3, -0.25) is 4.79 Å². The Kier molecular flexibility index (Phi) is 6.38. The van der Waals surface area contributed by atoms with Crippen LogP contribution < -0.4 is 0 Å². The van der Waals surface area contributed by atoms with Crippen molar-refractivity contribution in [3.8, 4) is 0 Å². The van der Waals surface area contributed by atoms with Crippen LogP contribution in [0.4, 0.5) is 14.7 Å². The number of carbonyl (C=O) groups excluding carboxylic acids is 1. The second-order valence-electron chi connectivity index (χ2n) is 7.81. The number of nitrogens with zero attached hydrogens (tertiary/aromatic N) is 6. The van der Waals surface area contributed by atoms with Crippen molar-refractivity contribution < 1.29 is 13.6 Å². The van der Waals surface area contributed by atoms with Gasteiger partial charge < -0.3 is 4.90 Å². The monoisotopic (exact) mass is 416 g/mol. The molecule has 2 aromatic heterocycles. The van der Waals surface area contributed by atoms with Gasteiger partial charge in [0.2, 0.25) is 0 Å². The predicted octanol–water partition coefficient (Wildman–Crippen LogP) is 3.92. The molecule has 3 heterocycles. The average Bonchev–Trinajstić information content (AvgIpc) is 3.14. The summed E-state index contributed by atoms with van der Waals surface area (Å²) in [7, 11) is 0. The number of piperidine rings is 1. The van der Waals surface area contributed by atoms with Crippen molar-refractivity contribution in [3.05, 3.63) is 42.0 Å². The Morgan fingerprint density at radius 2 is 2.07 bits per heavy atom. The zero-order valence-corrected chi connectivity index (χ0v) is 17.6. The quantitative estimate of drug-likeness (QED) is 0.693. The molecule has 30 heavy (non-hydrogen) atoms. The minimum Gasteiger partial charge on any atom is -0.337 e. The third-order valence-electron chi connectivity index (χ3n) is 5.38. The molecule has 3 rings (SSSR count). The minimum absolute atomic E-state index is 0.0597. The molecule has 0 N–H and O–H groups in total. The van der Waals surface area contributed by atoms with Gasteiger partial charge in [0.1, 0.15) is 12.0 Å². The Morgan fingerprint density at radius 1 is 1.33 bits per heavy atom. The lowest BCUT2D eigenvalue weighted by Crippen LogP contribution is -2.44. The molecule has 0 bridgehead atoms. The summed E-state index contributed by atoms with van der Waals surface area (Å²) in [6.45, 7) is 12.3. The number of amides is 1. The second kappa shape index (κ2) is 8.81. The largest absolute Gasteiger partial charge is 0.337 e. The van der Waals surface area contributed by atoms with Gasteiger partial charge in [0.15, 0.2) is 0 Å². The topological polar surface area (TPSA) is 76.3 Å². The Labute approximate surface area is 174 Å². The molecule has 7 nitrogen and oxygen atoms in total. The van der Waals surface area contributed by atoms with Gasteiger partial charge >= 0.3 is 0 Å². The zero-order chi connectivity index (χ0) is 22.0. The van der Waals surface area contributed by atoms with Gasteiger partial charge in [-0.15, -0.1) is 0 Å². The van der Waals surface area contributed by atoms with E-state index in [2.05, 4.69) is 33.6 Å². The van der Waals surface area contributed by atoms with Crippen LogP contribution in [-0.2, 0) is 0 Å². The van der Waals surface area contributed by atoms with Crippen LogP contribution in [-0.4, -0.2) is 55.8 Å². The number of hydrogen-bond donors (Lipinski definition) is 0. The summed E-state index contributed by atoms with van der Waals surface area (Å²) in [6, 6.07) is 3.71. The normalized spacial score (nSPS) is 20.0. The maximum absolute atomic E-state index is 13.0. The molecule has 1 saturated heterocycles. The van der Waals surface area contributed by atoms with Crippen LogP contribution in [0.2, 0.25) is 0 Å². The molecule has 2 aromatic rings. The lowest BCUT2D eigenvalue weighted by Gasteiger charge is -2.37. The fraction of sp³-hybridized carbons (Fsp3) is 0.476. The van der Waals surface area contributed by atoms with Crippen molar-refractivity contribution in [2.75, 3.05) is 13.1 Å². The van der Waals surface area contributed by atoms with E-state index in [1.54, 1.807) is 11.0 Å². The first-order chi connectivity index (χ1) is 14.2. The van der Waals surface area contributed by atoms with Crippen LogP contribution in [0.15, 0.2) is 30.0 Å². The van der Waals surface area contributed by atoms with Gasteiger partial charge in [-0.2, -0.15) is 10.1 Å². The van der Waals surface area contributed by atoms with Gasteiger partial charge in [-0.1, -0.05) is 13.5 Å². The first-order valence-electron chi connectivity index (χ1n) is 9.84. The second-order valence-corrected chi connectivity index (χ2v) is 7.81. The fourth-order valence-electron chi connectivity index (χ4n) is 3.68. The summed E-state index contributed by atoms with van der Waals surface area (Å²) in [5.41, 5.74) is 2.43. The molecule has 0 aliphatic carbocycles. The minimum atomic E-state index is -2.67. The molecule has 0 unspecified atom stereocenters. The average molecular weight is 416 g/mol. The van der Waals surface area contributed by atoms with Crippen molar-refractivity contribution in [2.24, 2.45) is 16.8 Å². The molecular weight excluding hydrogens is 390 g/mol. The molecule has 0 aromatic carbocycles. The first-order valence-corrected chi connectivity index (χ1v) is 9.84. The molecule has 160 valence electrons. The van der Waals surface area contributed by atoms with Gasteiger partial charge in [-0.05, 0) is 50.8 Å². The highest BCUT2D eigenvalue weighted by atomic mass is 19.3. The van der Waals surface area contributed by atoms with Crippen molar-refractivity contribution in [1.29, 1.82) is 0 Å². The van der Waals surface area contributed by atoms with E-state index in [0.717, 1.165) is 17.7 Å². The number of likely N-dealkylation sites (tertiary alicyclic amines) is 1. The van der Waals surface area contributed by atoms with Gasteiger partial charge in [0, 0.05) is 30.4 Å². The summed E-state index contributed by atoms with van der Waals surface area (Å²) in [5.74, 6) is 0.0448. The zero-order valence-electron chi connectivity index (χ0n) is 17.6. The Balaban J connectivity index is 1.83. The highest BCUT2D eigenvalue weighted by Gasteiger charge is 2.33. The van der Waals surface area contributed by atoms with Gasteiger partial charge in [-0.25, -0.2) is 23.4 Å². The Morgan fingerprint density at radius 3 is 2.73 bits per heavy atom. The maximum Gasteiger partial charge on any atom is 0.276 e. The van der Waals surface area contributed by atoms with E-state index in [0.29, 0.717) is 24.5 Å². The van der Waals surface area contributed by atoms with Crippen molar-refractivity contribution in [2.45, 2.75) is 40.5 Å². The third kappa shape index (κ3) is 4.60. The first kappa shape index (κ1) is 21.7. The Bertz CT molecular complexity index is 963. The molecule has 1 fully saturated rings. The van der Waals surface area contributed by atoms with Crippen molar-refractivity contribution in [1.82, 2.24) is 24.6 Å². The van der Waals surface area contributed by atoms with E-state index in [1.165, 1.54) is 17.9 Å². The third-order valence-corrected chi connectivity index (χ3v) is 5.38. The number of rotatable bonds is 5. The molecule has 1 aliphatic rings. The molecule has 1 amide bonds. The molecule has 1 aliphatic heterocycles. The van der Waals surface area contributed by atoms with E-state index in [-0.39, 0.29) is 29.4 Å². The number of hydrogen-bond acceptors (Lipinski definition) is 5. The fourth-order valence-corrected chi connectivity index (χ4v) is 3.68. The van der Waals surface area contributed by atoms with E-state index in [1.807, 2.05) is 19.9 Å². The summed E-state index contributed by atoms with van der Waals surface area (Å²) in [6.07, 6.45) is -0.627. The van der Waals surface area contributed by atoms with Crippen LogP contribution >= 0.6 is 0 Å². The van der Waals surface area contributed by atoms with E-state index < -0.39 is 6.43 Å². The van der Waals surface area contributed by atoms with Crippen molar-refractivity contribution in [3.63, 3.8) is 0 Å². The van der Waals surface area contributed by atoms with E-state index >= 15 is 0 Å². The summed E-state index contributed by atoms with van der Waals surface area (Å²) < 4.78 is 27.1. The van der Waals surface area contributed by atoms with Crippen LogP contribution in [0.3, 0.4) is 0 Å². The van der Waals surface area contributed by atoms with E-state index in [9.17, 15) is 13.6 Å². The number of halogens is 2. The summed E-state index contributed by atoms with van der Waals surface area (Å²) in [4.78, 5) is 27.1. The van der Waals surface area contributed by atoms with Crippen LogP contribution in [0.5, 0.6) is 0 Å².